The molecule has 7 heterocycles. The number of carbonyl (C=O) groups excluding carboxylic acids is 3. The Bertz CT molecular complexity index is 2410. The van der Waals surface area contributed by atoms with Crippen molar-refractivity contribution in [3.63, 3.8) is 0 Å². The van der Waals surface area contributed by atoms with E-state index in [2.05, 4.69) is 49.0 Å². The third kappa shape index (κ3) is 6.12. The fraction of sp³-hybridized carbons (Fsp3) is 0.488. The van der Waals surface area contributed by atoms with Crippen molar-refractivity contribution in [2.75, 3.05) is 50.5 Å². The second kappa shape index (κ2) is 13.9. The number of pyridine rings is 1. The Labute approximate surface area is 324 Å². The highest BCUT2D eigenvalue weighted by molar-refractivity contribution is 6.01. The maximum absolute atomic E-state index is 13.5. The van der Waals surface area contributed by atoms with E-state index in [-0.39, 0.29) is 41.4 Å². The number of fused-ring (bicyclic) bond motifs is 2. The van der Waals surface area contributed by atoms with Crippen LogP contribution in [0.3, 0.4) is 0 Å². The number of nitrogens with one attached hydrogen (secondary N) is 2. The molecule has 15 heteroatoms. The van der Waals surface area contributed by atoms with Crippen molar-refractivity contribution in [3.05, 3.63) is 70.5 Å². The molecule has 0 unspecified atom stereocenters. The Balaban J connectivity index is 0.843. The Morgan fingerprint density at radius 3 is 2.45 bits per heavy atom. The standard InChI is InChI=1S/C41H49N11O4/c1-25(26-12-14-33(42-21-26)44-39-43-22-27-20-32(38(55)47(2)3)51(36(27)46-39)28-8-5-6-9-28)50-23-41(24-50)16-18-49(19-17-41)29-10-7-11-30-35(29)48(4)40(56)52(30)31-13-15-34(53)45-37(31)54/h7,10-12,14,20-22,25,28,31H,5-6,8-9,13,15-19,23-24H2,1-4H3,(H,45,53,54)(H,42,43,44,46)/t25-,31-/m1/s1. The van der Waals surface area contributed by atoms with Crippen molar-refractivity contribution < 1.29 is 14.4 Å². The number of imidazole rings is 1. The van der Waals surface area contributed by atoms with E-state index >= 15 is 0 Å². The molecule has 1 aliphatic carbocycles. The van der Waals surface area contributed by atoms with Crippen molar-refractivity contribution in [2.45, 2.75) is 76.4 Å². The van der Waals surface area contributed by atoms with Crippen LogP contribution in [0.4, 0.5) is 17.5 Å². The first-order chi connectivity index (χ1) is 27.0. The lowest BCUT2D eigenvalue weighted by atomic mass is 9.71. The highest BCUT2D eigenvalue weighted by Crippen LogP contribution is 2.45. The first-order valence-electron chi connectivity index (χ1n) is 19.9. The summed E-state index contributed by atoms with van der Waals surface area (Å²) >= 11 is 0. The topological polar surface area (TPSA) is 156 Å². The molecule has 5 aromatic rings. The van der Waals surface area contributed by atoms with E-state index in [1.165, 1.54) is 0 Å². The van der Waals surface area contributed by atoms with E-state index in [0.29, 0.717) is 23.9 Å². The molecule has 3 aliphatic heterocycles. The van der Waals surface area contributed by atoms with Crippen molar-refractivity contribution in [1.29, 1.82) is 0 Å². The summed E-state index contributed by atoms with van der Waals surface area (Å²) in [6.07, 6.45) is 10.7. The van der Waals surface area contributed by atoms with Crippen molar-refractivity contribution >= 4 is 57.2 Å². The maximum atomic E-state index is 13.5. The molecule has 1 spiro atoms. The zero-order chi connectivity index (χ0) is 38.9. The number of aryl methyl sites for hydroxylation is 1. The number of nitrogens with zero attached hydrogens (tertiary/aromatic N) is 9. The molecular weight excluding hydrogens is 711 g/mol. The van der Waals surface area contributed by atoms with Gasteiger partial charge in [0, 0.05) is 83.6 Å². The number of anilines is 3. The zero-order valence-electron chi connectivity index (χ0n) is 32.5. The molecule has 0 bridgehead atoms. The van der Waals surface area contributed by atoms with Crippen LogP contribution in [0.2, 0.25) is 0 Å². The number of benzene rings is 1. The molecule has 292 valence electrons. The van der Waals surface area contributed by atoms with Crippen LogP contribution < -0.4 is 21.2 Å². The van der Waals surface area contributed by atoms with E-state index in [1.54, 1.807) is 41.4 Å². The molecule has 0 radical (unpaired) electrons. The predicted molar refractivity (Wildman–Crippen MR) is 213 cm³/mol. The SMILES string of the molecule is C[C@H](c1ccc(Nc2ncc3cc(C(=O)N(C)C)n(C4CCCC4)c3n2)nc1)N1CC2(CCN(c3cccc4c3n(C)c(=O)n4[C@@H]3CCC(=O)NC3=O)CC2)C1. The molecule has 15 nitrogen and oxygen atoms in total. The van der Waals surface area contributed by atoms with Crippen molar-refractivity contribution in [3.8, 4) is 0 Å². The van der Waals surface area contributed by atoms with Gasteiger partial charge in [-0.3, -0.25) is 33.7 Å². The molecule has 3 amide bonds. The van der Waals surface area contributed by atoms with Gasteiger partial charge in [0.25, 0.3) is 5.91 Å². The van der Waals surface area contributed by atoms with Crippen LogP contribution in [0.15, 0.2) is 53.6 Å². The van der Waals surface area contributed by atoms with Gasteiger partial charge in [0.2, 0.25) is 17.8 Å². The van der Waals surface area contributed by atoms with Crippen LogP contribution in [0.5, 0.6) is 0 Å². The third-order valence-electron chi connectivity index (χ3n) is 12.8. The molecule has 4 fully saturated rings. The highest BCUT2D eigenvalue weighted by atomic mass is 16.2. The lowest BCUT2D eigenvalue weighted by Crippen LogP contribution is -2.60. The van der Waals surface area contributed by atoms with Crippen LogP contribution in [0.1, 0.15) is 92.5 Å². The number of carbonyl (C=O) groups is 3. The second-order valence-electron chi connectivity index (χ2n) is 16.5. The van der Waals surface area contributed by atoms with Gasteiger partial charge in [0.1, 0.15) is 23.2 Å². The molecular formula is C41H49N11O4. The van der Waals surface area contributed by atoms with Crippen LogP contribution >= 0.6 is 0 Å². The number of rotatable bonds is 8. The zero-order valence-corrected chi connectivity index (χ0v) is 32.5. The van der Waals surface area contributed by atoms with Crippen LogP contribution in [0, 0.1) is 5.41 Å². The summed E-state index contributed by atoms with van der Waals surface area (Å²) in [5, 5.41) is 6.55. The van der Waals surface area contributed by atoms with E-state index in [1.807, 2.05) is 30.5 Å². The lowest BCUT2D eigenvalue weighted by Gasteiger charge is -2.56. The van der Waals surface area contributed by atoms with Gasteiger partial charge in [-0.2, -0.15) is 4.98 Å². The van der Waals surface area contributed by atoms with Crippen LogP contribution in [0.25, 0.3) is 22.1 Å². The first kappa shape index (κ1) is 36.1. The largest absolute Gasteiger partial charge is 0.370 e. The number of para-hydroxylation sites is 1. The summed E-state index contributed by atoms with van der Waals surface area (Å²) in [7, 11) is 5.32. The summed E-state index contributed by atoms with van der Waals surface area (Å²) in [4.78, 5) is 71.8. The summed E-state index contributed by atoms with van der Waals surface area (Å²) in [5.41, 5.74) is 5.13. The van der Waals surface area contributed by atoms with Crippen molar-refractivity contribution in [1.82, 2.24) is 43.8 Å². The number of hydrogen-bond donors (Lipinski definition) is 2. The van der Waals surface area contributed by atoms with Crippen molar-refractivity contribution in [2.24, 2.45) is 12.5 Å². The number of hydrogen-bond acceptors (Lipinski definition) is 10. The quantitative estimate of drug-likeness (QED) is 0.213. The minimum atomic E-state index is -0.700. The third-order valence-corrected chi connectivity index (χ3v) is 12.8. The summed E-state index contributed by atoms with van der Waals surface area (Å²) in [6, 6.07) is 11.7. The summed E-state index contributed by atoms with van der Waals surface area (Å²) in [5.74, 6) is 0.369. The predicted octanol–water partition coefficient (Wildman–Crippen LogP) is 4.68. The molecule has 1 saturated carbocycles. The molecule has 2 atom stereocenters. The Morgan fingerprint density at radius 1 is 0.982 bits per heavy atom. The van der Waals surface area contributed by atoms with Gasteiger partial charge in [-0.05, 0) is 74.3 Å². The molecule has 9 rings (SSSR count). The normalized spacial score (nSPS) is 20.8. The number of aromatic nitrogens is 6. The Morgan fingerprint density at radius 2 is 1.75 bits per heavy atom. The lowest BCUT2D eigenvalue weighted by molar-refractivity contribution is -0.135. The fourth-order valence-corrected chi connectivity index (χ4v) is 9.58. The second-order valence-corrected chi connectivity index (χ2v) is 16.5. The van der Waals surface area contributed by atoms with Gasteiger partial charge < -0.3 is 19.7 Å². The average Bonchev–Trinajstić information content (AvgIpc) is 3.91. The molecule has 4 aliphatic rings. The smallest absolute Gasteiger partial charge is 0.329 e. The van der Waals surface area contributed by atoms with Gasteiger partial charge in [-0.25, -0.2) is 14.8 Å². The highest BCUT2D eigenvalue weighted by Gasteiger charge is 2.46. The van der Waals surface area contributed by atoms with Crippen LogP contribution in [-0.4, -0.2) is 96.4 Å². The van der Waals surface area contributed by atoms with Gasteiger partial charge in [0.15, 0.2) is 0 Å². The Hall–Kier alpha value is -5.57. The minimum Gasteiger partial charge on any atom is -0.370 e. The molecule has 4 aromatic heterocycles. The summed E-state index contributed by atoms with van der Waals surface area (Å²) in [6.45, 7) is 6.04. The van der Waals surface area contributed by atoms with Crippen LogP contribution in [-0.2, 0) is 16.6 Å². The average molecular weight is 760 g/mol. The maximum Gasteiger partial charge on any atom is 0.329 e. The summed E-state index contributed by atoms with van der Waals surface area (Å²) < 4.78 is 5.32. The van der Waals surface area contributed by atoms with E-state index in [4.69, 9.17) is 9.97 Å². The van der Waals surface area contributed by atoms with E-state index in [9.17, 15) is 19.2 Å². The monoisotopic (exact) mass is 759 g/mol. The van der Waals surface area contributed by atoms with Gasteiger partial charge >= 0.3 is 5.69 Å². The van der Waals surface area contributed by atoms with E-state index in [0.717, 1.165) is 98.0 Å². The first-order valence-corrected chi connectivity index (χ1v) is 19.9. The minimum absolute atomic E-state index is 0.0298. The van der Waals surface area contributed by atoms with Gasteiger partial charge in [0.05, 0.1) is 16.7 Å². The van der Waals surface area contributed by atoms with Gasteiger partial charge in [-0.1, -0.05) is 25.0 Å². The number of amides is 3. The van der Waals surface area contributed by atoms with Gasteiger partial charge in [-0.15, -0.1) is 0 Å². The van der Waals surface area contributed by atoms with E-state index < -0.39 is 11.9 Å². The molecule has 1 aromatic carbocycles. The Kier molecular flexibility index (Phi) is 8.94. The molecule has 56 heavy (non-hydrogen) atoms. The number of imide groups is 1. The molecule has 3 saturated heterocycles. The molecule has 2 N–H and O–H groups in total. The number of piperidine rings is 2. The fourth-order valence-electron chi connectivity index (χ4n) is 9.58. The number of likely N-dealkylation sites (tertiary alicyclic amines) is 1.